The number of hydrogen-bond acceptors (Lipinski definition) is 2. The fourth-order valence-electron chi connectivity index (χ4n) is 1.40. The molecule has 13 heavy (non-hydrogen) atoms. The molecule has 2 heteroatoms. The average Bonchev–Trinajstić information content (AvgIpc) is 2.10. The smallest absolute Gasteiger partial charge is 0.154 e. The van der Waals surface area contributed by atoms with Crippen LogP contribution in [0.15, 0.2) is 0 Å². The topological polar surface area (TPSA) is 40.5 Å². The lowest BCUT2D eigenvalue weighted by Crippen LogP contribution is -2.15. The first-order chi connectivity index (χ1) is 6.18. The van der Waals surface area contributed by atoms with Crippen molar-refractivity contribution in [3.05, 3.63) is 0 Å². The largest absolute Gasteiger partial charge is 0.368 e. The molecule has 0 aromatic carbocycles. The molecule has 0 fully saturated rings. The summed E-state index contributed by atoms with van der Waals surface area (Å²) in [7, 11) is 0. The second-order valence-corrected chi connectivity index (χ2v) is 3.95. The molecule has 0 saturated heterocycles. The monoisotopic (exact) mass is 188 g/mol. The first-order valence-electron chi connectivity index (χ1n) is 5.54. The molecule has 0 aliphatic rings. The van der Waals surface area contributed by atoms with Gasteiger partial charge >= 0.3 is 0 Å². The minimum atomic E-state index is -1.13. The summed E-state index contributed by atoms with van der Waals surface area (Å²) in [4.78, 5) is 0. The van der Waals surface area contributed by atoms with E-state index >= 15 is 0 Å². The molecule has 0 amide bonds. The Morgan fingerprint density at radius 3 is 2.00 bits per heavy atom. The second kappa shape index (κ2) is 8.52. The Kier molecular flexibility index (Phi) is 8.46. The fraction of sp³-hybridized carbons (Fsp3) is 1.00. The molecule has 0 aromatic rings. The third kappa shape index (κ3) is 8.26. The van der Waals surface area contributed by atoms with Crippen LogP contribution < -0.4 is 0 Å². The van der Waals surface area contributed by atoms with Crippen molar-refractivity contribution in [3.63, 3.8) is 0 Å². The van der Waals surface area contributed by atoms with Gasteiger partial charge in [-0.15, -0.1) is 0 Å². The zero-order chi connectivity index (χ0) is 10.1. The molecule has 1 unspecified atom stereocenters. The summed E-state index contributed by atoms with van der Waals surface area (Å²) in [6.45, 7) is 4.10. The number of hydrogen-bond donors (Lipinski definition) is 2. The van der Waals surface area contributed by atoms with E-state index in [4.69, 9.17) is 10.2 Å². The van der Waals surface area contributed by atoms with Crippen molar-refractivity contribution < 1.29 is 10.2 Å². The van der Waals surface area contributed by atoms with Gasteiger partial charge in [0.15, 0.2) is 6.29 Å². The maximum absolute atomic E-state index is 8.82. The van der Waals surface area contributed by atoms with Gasteiger partial charge in [-0.1, -0.05) is 52.4 Å². The van der Waals surface area contributed by atoms with Crippen LogP contribution in [-0.2, 0) is 0 Å². The fourth-order valence-corrected chi connectivity index (χ4v) is 1.40. The molecule has 0 bridgehead atoms. The van der Waals surface area contributed by atoms with E-state index in [9.17, 15) is 0 Å². The van der Waals surface area contributed by atoms with Crippen LogP contribution in [0, 0.1) is 5.92 Å². The molecule has 0 spiro atoms. The predicted octanol–water partition coefficient (Wildman–Crippen LogP) is 2.68. The van der Waals surface area contributed by atoms with Gasteiger partial charge in [0.1, 0.15) is 0 Å². The molecular weight excluding hydrogens is 164 g/mol. The first-order valence-corrected chi connectivity index (χ1v) is 5.54. The van der Waals surface area contributed by atoms with Crippen LogP contribution in [0.2, 0.25) is 0 Å². The average molecular weight is 188 g/mol. The minimum absolute atomic E-state index is 0.0335. The van der Waals surface area contributed by atoms with Gasteiger partial charge in [0, 0.05) is 5.92 Å². The molecule has 0 rings (SSSR count). The van der Waals surface area contributed by atoms with Crippen molar-refractivity contribution in [2.75, 3.05) is 0 Å². The Morgan fingerprint density at radius 1 is 0.923 bits per heavy atom. The summed E-state index contributed by atoms with van der Waals surface area (Å²) in [5.41, 5.74) is 0. The van der Waals surface area contributed by atoms with Gasteiger partial charge in [-0.05, 0) is 6.42 Å². The second-order valence-electron chi connectivity index (χ2n) is 3.95. The molecule has 0 saturated carbocycles. The third-order valence-electron chi connectivity index (χ3n) is 2.52. The van der Waals surface area contributed by atoms with Crippen molar-refractivity contribution in [1.82, 2.24) is 0 Å². The van der Waals surface area contributed by atoms with Crippen molar-refractivity contribution in [2.45, 2.75) is 65.1 Å². The summed E-state index contributed by atoms with van der Waals surface area (Å²) in [6, 6.07) is 0. The molecule has 0 radical (unpaired) electrons. The number of unbranched alkanes of at least 4 members (excludes halogenated alkanes) is 5. The van der Waals surface area contributed by atoms with Gasteiger partial charge in [-0.3, -0.25) is 0 Å². The van der Waals surface area contributed by atoms with Gasteiger partial charge < -0.3 is 10.2 Å². The van der Waals surface area contributed by atoms with E-state index in [1.54, 1.807) is 0 Å². The van der Waals surface area contributed by atoms with Crippen LogP contribution in [0.25, 0.3) is 0 Å². The predicted molar refractivity (Wildman–Crippen MR) is 55.4 cm³/mol. The van der Waals surface area contributed by atoms with Gasteiger partial charge in [0.25, 0.3) is 0 Å². The molecule has 0 aliphatic heterocycles. The summed E-state index contributed by atoms with van der Waals surface area (Å²) in [5, 5.41) is 17.6. The zero-order valence-corrected chi connectivity index (χ0v) is 9.00. The minimum Gasteiger partial charge on any atom is -0.368 e. The maximum atomic E-state index is 8.82. The van der Waals surface area contributed by atoms with Crippen molar-refractivity contribution >= 4 is 0 Å². The number of aliphatic hydroxyl groups excluding tert-OH is 1. The summed E-state index contributed by atoms with van der Waals surface area (Å²) in [6.07, 6.45) is 7.40. The Labute approximate surface area is 82.0 Å². The van der Waals surface area contributed by atoms with Crippen LogP contribution in [-0.4, -0.2) is 16.5 Å². The van der Waals surface area contributed by atoms with Crippen LogP contribution in [0.5, 0.6) is 0 Å². The first kappa shape index (κ1) is 12.9. The van der Waals surface area contributed by atoms with Gasteiger partial charge in [-0.25, -0.2) is 0 Å². The molecule has 0 aliphatic carbocycles. The van der Waals surface area contributed by atoms with Crippen LogP contribution in [0.3, 0.4) is 0 Å². The van der Waals surface area contributed by atoms with Gasteiger partial charge in [-0.2, -0.15) is 0 Å². The summed E-state index contributed by atoms with van der Waals surface area (Å²) < 4.78 is 0. The van der Waals surface area contributed by atoms with E-state index in [1.165, 1.54) is 32.1 Å². The lowest BCUT2D eigenvalue weighted by Gasteiger charge is -2.12. The highest BCUT2D eigenvalue weighted by atomic mass is 16.5. The lowest BCUT2D eigenvalue weighted by atomic mass is 10.0. The van der Waals surface area contributed by atoms with E-state index in [0.29, 0.717) is 0 Å². The highest BCUT2D eigenvalue weighted by Gasteiger charge is 2.08. The normalized spacial score (nSPS) is 13.6. The van der Waals surface area contributed by atoms with E-state index in [2.05, 4.69) is 6.92 Å². The Bertz CT molecular complexity index is 102. The molecule has 0 heterocycles. The molecular formula is C11H24O2. The van der Waals surface area contributed by atoms with E-state index in [1.807, 2.05) is 6.92 Å². The van der Waals surface area contributed by atoms with Gasteiger partial charge in [0.05, 0.1) is 0 Å². The lowest BCUT2D eigenvalue weighted by molar-refractivity contribution is -0.0808. The molecule has 1 atom stereocenters. The van der Waals surface area contributed by atoms with Gasteiger partial charge in [0.2, 0.25) is 0 Å². The number of rotatable bonds is 8. The third-order valence-corrected chi connectivity index (χ3v) is 2.52. The molecule has 2 N–H and O–H groups in total. The van der Waals surface area contributed by atoms with Crippen LogP contribution in [0.1, 0.15) is 58.8 Å². The Hall–Kier alpha value is -0.0800. The number of aliphatic hydroxyl groups is 2. The van der Waals surface area contributed by atoms with E-state index in [-0.39, 0.29) is 5.92 Å². The zero-order valence-electron chi connectivity index (χ0n) is 9.00. The molecule has 0 aromatic heterocycles. The van der Waals surface area contributed by atoms with E-state index < -0.39 is 6.29 Å². The van der Waals surface area contributed by atoms with Crippen LogP contribution in [0.4, 0.5) is 0 Å². The highest BCUT2D eigenvalue weighted by molar-refractivity contribution is 4.54. The Balaban J connectivity index is 3.07. The maximum Gasteiger partial charge on any atom is 0.154 e. The van der Waals surface area contributed by atoms with Crippen LogP contribution >= 0.6 is 0 Å². The summed E-state index contributed by atoms with van der Waals surface area (Å²) >= 11 is 0. The SMILES string of the molecule is CCCCCCCCC(C)C(O)O. The standard InChI is InChI=1S/C11H24O2/c1-3-4-5-6-7-8-9-10(2)11(12)13/h10-13H,3-9H2,1-2H3. The molecule has 80 valence electrons. The highest BCUT2D eigenvalue weighted by Crippen LogP contribution is 2.13. The van der Waals surface area contributed by atoms with Crippen molar-refractivity contribution in [1.29, 1.82) is 0 Å². The van der Waals surface area contributed by atoms with E-state index in [0.717, 1.165) is 12.8 Å². The molecule has 2 nitrogen and oxygen atoms in total. The van der Waals surface area contributed by atoms with Crippen molar-refractivity contribution in [2.24, 2.45) is 5.92 Å². The summed E-state index contributed by atoms with van der Waals surface area (Å²) in [5.74, 6) is 0.0335. The quantitative estimate of drug-likeness (QED) is 0.454. The van der Waals surface area contributed by atoms with Crippen molar-refractivity contribution in [3.8, 4) is 0 Å². The Morgan fingerprint density at radius 2 is 1.46 bits per heavy atom.